The van der Waals surface area contributed by atoms with E-state index in [1.54, 1.807) is 27.0 Å². The summed E-state index contributed by atoms with van der Waals surface area (Å²) in [4.78, 5) is 32.2. The number of carbonyl (C=O) groups excluding carboxylic acids is 2. The predicted octanol–water partition coefficient (Wildman–Crippen LogP) is 5.21. The Hall–Kier alpha value is -3.67. The van der Waals surface area contributed by atoms with Crippen molar-refractivity contribution in [1.82, 2.24) is 9.88 Å². The van der Waals surface area contributed by atoms with E-state index < -0.39 is 11.7 Å². The fourth-order valence-electron chi connectivity index (χ4n) is 4.50. The average Bonchev–Trinajstić information content (AvgIpc) is 2.77. The fourth-order valence-corrected chi connectivity index (χ4v) is 4.50. The Balaban J connectivity index is 1.65. The van der Waals surface area contributed by atoms with Gasteiger partial charge in [0.1, 0.15) is 5.60 Å². The van der Waals surface area contributed by atoms with Gasteiger partial charge in [-0.3, -0.25) is 9.78 Å². The molecule has 1 N–H and O–H groups in total. The number of hydrogen-bond acceptors (Lipinski definition) is 5. The highest BCUT2D eigenvalue weighted by molar-refractivity contribution is 6.08. The molecule has 2 aliphatic heterocycles. The number of aromatic nitrogens is 1. The largest absolute Gasteiger partial charge is 0.443 e. The molecular weight excluding hydrogens is 402 g/mol. The Kier molecular flexibility index (Phi) is 4.73. The van der Waals surface area contributed by atoms with Crippen LogP contribution in [0.4, 0.5) is 10.5 Å². The maximum atomic E-state index is 13.7. The van der Waals surface area contributed by atoms with Gasteiger partial charge in [-0.1, -0.05) is 36.4 Å². The van der Waals surface area contributed by atoms with Crippen LogP contribution >= 0.6 is 0 Å². The number of nitrogens with one attached hydrogen (secondary N) is 1. The number of hydrogen-bond donors (Lipinski definition) is 1. The van der Waals surface area contributed by atoms with Gasteiger partial charge in [-0.2, -0.15) is 0 Å². The zero-order valence-corrected chi connectivity index (χ0v) is 18.4. The van der Waals surface area contributed by atoms with Gasteiger partial charge in [-0.25, -0.2) is 9.69 Å². The lowest BCUT2D eigenvalue weighted by atomic mass is 9.78. The first-order valence-electron chi connectivity index (χ1n) is 10.8. The van der Waals surface area contributed by atoms with Gasteiger partial charge in [0.15, 0.2) is 0 Å². The van der Waals surface area contributed by atoms with Crippen molar-refractivity contribution in [1.29, 1.82) is 0 Å². The van der Waals surface area contributed by atoms with Crippen LogP contribution in [-0.2, 0) is 9.53 Å². The molecule has 0 fully saturated rings. The van der Waals surface area contributed by atoms with E-state index in [2.05, 4.69) is 10.3 Å². The van der Waals surface area contributed by atoms with Crippen LogP contribution in [0.2, 0.25) is 0 Å². The SMILES string of the molecule is CC(C)(C)OC(=O)N1CCC2=C(C1=O)C(c1ccccc1)c1ccc3ncccc3c1N2. The van der Waals surface area contributed by atoms with Crippen molar-refractivity contribution in [2.75, 3.05) is 11.9 Å². The first-order chi connectivity index (χ1) is 15.3. The highest BCUT2D eigenvalue weighted by Gasteiger charge is 2.41. The van der Waals surface area contributed by atoms with Crippen LogP contribution in [0, 0.1) is 0 Å². The number of fused-ring (bicyclic) bond motifs is 3. The molecule has 2 amide bonds. The van der Waals surface area contributed by atoms with Gasteiger partial charge in [0.2, 0.25) is 0 Å². The summed E-state index contributed by atoms with van der Waals surface area (Å²) >= 11 is 0. The van der Waals surface area contributed by atoms with Crippen molar-refractivity contribution in [3.63, 3.8) is 0 Å². The molecule has 0 saturated carbocycles. The molecule has 1 atom stereocenters. The van der Waals surface area contributed by atoms with Gasteiger partial charge in [-0.15, -0.1) is 0 Å². The molecule has 2 aliphatic rings. The molecule has 1 aromatic heterocycles. The molecule has 0 aliphatic carbocycles. The first kappa shape index (κ1) is 20.2. The molecule has 5 rings (SSSR count). The molecule has 0 saturated heterocycles. The van der Waals surface area contributed by atoms with Crippen LogP contribution in [0.25, 0.3) is 10.9 Å². The molecule has 162 valence electrons. The van der Waals surface area contributed by atoms with E-state index in [-0.39, 0.29) is 18.4 Å². The van der Waals surface area contributed by atoms with Gasteiger partial charge >= 0.3 is 6.09 Å². The lowest BCUT2D eigenvalue weighted by Gasteiger charge is -2.38. The van der Waals surface area contributed by atoms with Crippen molar-refractivity contribution in [3.05, 3.63) is 83.2 Å². The van der Waals surface area contributed by atoms with Crippen LogP contribution < -0.4 is 5.32 Å². The quantitative estimate of drug-likeness (QED) is 0.577. The van der Waals surface area contributed by atoms with Gasteiger partial charge in [-0.05, 0) is 50.1 Å². The van der Waals surface area contributed by atoms with Gasteiger partial charge < -0.3 is 10.1 Å². The monoisotopic (exact) mass is 427 g/mol. The van der Waals surface area contributed by atoms with E-state index in [1.165, 1.54) is 4.90 Å². The number of imide groups is 1. The van der Waals surface area contributed by atoms with Gasteiger partial charge in [0.25, 0.3) is 5.91 Å². The molecule has 6 nitrogen and oxygen atoms in total. The van der Waals surface area contributed by atoms with Gasteiger partial charge in [0, 0.05) is 41.7 Å². The van der Waals surface area contributed by atoms with E-state index >= 15 is 0 Å². The third kappa shape index (κ3) is 3.42. The molecule has 3 heterocycles. The number of pyridine rings is 1. The smallest absolute Gasteiger partial charge is 0.417 e. The predicted molar refractivity (Wildman–Crippen MR) is 123 cm³/mol. The molecule has 6 heteroatoms. The maximum absolute atomic E-state index is 13.7. The van der Waals surface area contributed by atoms with E-state index in [1.807, 2.05) is 54.6 Å². The summed E-state index contributed by atoms with van der Waals surface area (Å²) < 4.78 is 5.51. The number of benzene rings is 2. The van der Waals surface area contributed by atoms with Crippen LogP contribution in [-0.4, -0.2) is 34.0 Å². The average molecular weight is 428 g/mol. The normalized spacial score (nSPS) is 18.2. The Bertz CT molecular complexity index is 1260. The lowest BCUT2D eigenvalue weighted by Crippen LogP contribution is -2.47. The van der Waals surface area contributed by atoms with Crippen LogP contribution in [0.15, 0.2) is 72.1 Å². The van der Waals surface area contributed by atoms with E-state index in [0.717, 1.165) is 33.4 Å². The molecule has 1 unspecified atom stereocenters. The third-order valence-electron chi connectivity index (χ3n) is 5.83. The van der Waals surface area contributed by atoms with Crippen molar-refractivity contribution >= 4 is 28.6 Å². The second kappa shape index (κ2) is 7.48. The van der Waals surface area contributed by atoms with Crippen LogP contribution in [0.1, 0.15) is 44.2 Å². The Morgan fingerprint density at radius 3 is 2.62 bits per heavy atom. The zero-order chi connectivity index (χ0) is 22.5. The lowest BCUT2D eigenvalue weighted by molar-refractivity contribution is -0.127. The van der Waals surface area contributed by atoms with E-state index in [9.17, 15) is 9.59 Å². The number of ether oxygens (including phenoxy) is 1. The molecular formula is C26H25N3O3. The summed E-state index contributed by atoms with van der Waals surface area (Å²) in [5.74, 6) is -0.594. The minimum Gasteiger partial charge on any atom is -0.443 e. The Morgan fingerprint density at radius 2 is 1.88 bits per heavy atom. The Morgan fingerprint density at radius 1 is 1.09 bits per heavy atom. The molecule has 2 aromatic carbocycles. The van der Waals surface area contributed by atoms with E-state index in [4.69, 9.17) is 4.74 Å². The first-order valence-corrected chi connectivity index (χ1v) is 10.8. The fraction of sp³-hybridized carbons (Fsp3) is 0.269. The minimum absolute atomic E-state index is 0.277. The minimum atomic E-state index is -0.672. The molecule has 0 radical (unpaired) electrons. The number of amides is 2. The standard InChI is InChI=1S/C26H25N3O3/c1-26(2,3)32-25(31)29-15-13-20-22(24(29)30)21(16-8-5-4-6-9-16)18-11-12-19-17(23(18)28-20)10-7-14-27-19/h4-12,14,21,28H,13,15H2,1-3H3. The highest BCUT2D eigenvalue weighted by Crippen LogP contribution is 2.46. The number of carbonyl (C=O) groups is 2. The summed E-state index contributed by atoms with van der Waals surface area (Å²) in [6, 6.07) is 17.9. The highest BCUT2D eigenvalue weighted by atomic mass is 16.6. The van der Waals surface area contributed by atoms with Crippen LogP contribution in [0.3, 0.4) is 0 Å². The summed E-state index contributed by atoms with van der Waals surface area (Å²) in [6.45, 7) is 5.68. The third-order valence-corrected chi connectivity index (χ3v) is 5.83. The summed E-state index contributed by atoms with van der Waals surface area (Å²) in [5, 5.41) is 4.53. The topological polar surface area (TPSA) is 71.5 Å². The molecule has 0 spiro atoms. The maximum Gasteiger partial charge on any atom is 0.417 e. The summed E-state index contributed by atoms with van der Waals surface area (Å²) in [5.41, 5.74) is 4.65. The van der Waals surface area contributed by atoms with E-state index in [0.29, 0.717) is 12.0 Å². The van der Waals surface area contributed by atoms with Crippen molar-refractivity contribution < 1.29 is 14.3 Å². The summed E-state index contributed by atoms with van der Waals surface area (Å²) in [7, 11) is 0. The second-order valence-electron chi connectivity index (χ2n) is 9.15. The zero-order valence-electron chi connectivity index (χ0n) is 18.4. The summed E-state index contributed by atoms with van der Waals surface area (Å²) in [6.07, 6.45) is 1.72. The van der Waals surface area contributed by atoms with Crippen molar-refractivity contribution in [2.24, 2.45) is 0 Å². The molecule has 3 aromatic rings. The van der Waals surface area contributed by atoms with Gasteiger partial charge in [0.05, 0.1) is 11.2 Å². The molecule has 0 bridgehead atoms. The van der Waals surface area contributed by atoms with Crippen molar-refractivity contribution in [2.45, 2.75) is 38.7 Å². The van der Waals surface area contributed by atoms with Crippen molar-refractivity contribution in [3.8, 4) is 0 Å². The second-order valence-corrected chi connectivity index (χ2v) is 9.15. The number of rotatable bonds is 1. The number of nitrogens with zero attached hydrogens (tertiary/aromatic N) is 2. The Labute approximate surface area is 186 Å². The molecule has 32 heavy (non-hydrogen) atoms. The van der Waals surface area contributed by atoms with Crippen LogP contribution in [0.5, 0.6) is 0 Å². The number of anilines is 1.